The topological polar surface area (TPSA) is 52.8 Å². The molecule has 1 amide bonds. The van der Waals surface area contributed by atoms with Gasteiger partial charge in [0, 0.05) is 0 Å². The van der Waals surface area contributed by atoms with E-state index in [-0.39, 0.29) is 12.3 Å². The molecule has 27 heavy (non-hydrogen) atoms. The van der Waals surface area contributed by atoms with Crippen molar-refractivity contribution in [3.8, 4) is 23.8 Å². The first-order valence-corrected chi connectivity index (χ1v) is 9.36. The molecule has 3 aromatic rings. The van der Waals surface area contributed by atoms with Crippen LogP contribution in [0.25, 0.3) is 10.2 Å². The molecule has 0 spiro atoms. The van der Waals surface area contributed by atoms with Crippen LogP contribution in [0.3, 0.4) is 0 Å². The van der Waals surface area contributed by atoms with Crippen molar-refractivity contribution in [3.05, 3.63) is 52.8 Å². The van der Waals surface area contributed by atoms with E-state index < -0.39 is 0 Å². The molecule has 0 bridgehead atoms. The van der Waals surface area contributed by atoms with E-state index in [1.165, 1.54) is 11.3 Å². The Kier molecular flexibility index (Phi) is 5.94. The molecular formula is C21H20N2O3S. The molecule has 0 N–H and O–H groups in total. The Morgan fingerprint density at radius 1 is 1.22 bits per heavy atom. The zero-order valence-electron chi connectivity index (χ0n) is 15.3. The maximum absolute atomic E-state index is 12.5. The summed E-state index contributed by atoms with van der Waals surface area (Å²) in [7, 11) is 1.62. The van der Waals surface area contributed by atoms with Gasteiger partial charge in [-0.2, -0.15) is 4.99 Å². The number of methoxy groups -OCH3 is 1. The average Bonchev–Trinajstić information content (AvgIpc) is 3.00. The van der Waals surface area contributed by atoms with E-state index in [1.54, 1.807) is 7.11 Å². The van der Waals surface area contributed by atoms with Crippen molar-refractivity contribution in [1.82, 2.24) is 4.57 Å². The Morgan fingerprint density at radius 2 is 1.96 bits per heavy atom. The van der Waals surface area contributed by atoms with Gasteiger partial charge in [-0.1, -0.05) is 29.4 Å². The van der Waals surface area contributed by atoms with Crippen LogP contribution in [0.2, 0.25) is 0 Å². The molecule has 2 aromatic carbocycles. The van der Waals surface area contributed by atoms with Crippen LogP contribution in [0, 0.1) is 12.3 Å². The Bertz CT molecular complexity index is 1060. The first kappa shape index (κ1) is 18.7. The number of thiazole rings is 1. The molecule has 138 valence electrons. The number of nitrogens with zero attached hydrogens (tertiary/aromatic N) is 2. The Labute approximate surface area is 161 Å². The smallest absolute Gasteiger partial charge is 0.252 e. The third-order valence-electron chi connectivity index (χ3n) is 3.95. The average molecular weight is 380 g/mol. The lowest BCUT2D eigenvalue weighted by Gasteiger charge is -2.03. The van der Waals surface area contributed by atoms with Gasteiger partial charge < -0.3 is 14.0 Å². The van der Waals surface area contributed by atoms with Gasteiger partial charge in [0.1, 0.15) is 11.5 Å². The molecular weight excluding hydrogens is 360 g/mol. The van der Waals surface area contributed by atoms with Crippen molar-refractivity contribution >= 4 is 27.5 Å². The lowest BCUT2D eigenvalue weighted by atomic mass is 10.1. The number of ether oxygens (including phenoxy) is 2. The number of fused-ring (bicyclic) bond motifs is 1. The number of carbonyl (C=O) groups is 1. The van der Waals surface area contributed by atoms with Gasteiger partial charge in [-0.15, -0.1) is 6.42 Å². The second-order valence-electron chi connectivity index (χ2n) is 5.77. The number of hydrogen-bond acceptors (Lipinski definition) is 4. The van der Waals surface area contributed by atoms with Gasteiger partial charge in [-0.05, 0) is 42.8 Å². The molecule has 0 atom stereocenters. The summed E-state index contributed by atoms with van der Waals surface area (Å²) in [6.45, 7) is 2.89. The van der Waals surface area contributed by atoms with Gasteiger partial charge >= 0.3 is 0 Å². The maximum atomic E-state index is 12.5. The quantitative estimate of drug-likeness (QED) is 0.616. The number of aromatic nitrogens is 1. The zero-order valence-corrected chi connectivity index (χ0v) is 16.1. The highest BCUT2D eigenvalue weighted by atomic mass is 32.1. The molecule has 0 fully saturated rings. The van der Waals surface area contributed by atoms with E-state index >= 15 is 0 Å². The molecule has 0 unspecified atom stereocenters. The van der Waals surface area contributed by atoms with Crippen LogP contribution in [0.15, 0.2) is 47.5 Å². The molecule has 1 aromatic heterocycles. The van der Waals surface area contributed by atoms with Crippen LogP contribution >= 0.6 is 11.3 Å². The highest BCUT2D eigenvalue weighted by Gasteiger charge is 2.09. The molecule has 3 rings (SSSR count). The fourth-order valence-corrected chi connectivity index (χ4v) is 3.78. The lowest BCUT2D eigenvalue weighted by molar-refractivity contribution is -0.117. The predicted molar refractivity (Wildman–Crippen MR) is 107 cm³/mol. The number of rotatable bonds is 6. The standard InChI is InChI=1S/C21H20N2O3S/c1-4-12-23-18-11-10-17(25-3)14-19(18)27-21(23)22-20(24)13-15-6-8-16(9-7-15)26-5-2/h1,6-11,14H,5,12-13H2,2-3H3. The van der Waals surface area contributed by atoms with Gasteiger partial charge in [0.25, 0.3) is 5.91 Å². The van der Waals surface area contributed by atoms with Crippen LogP contribution in [-0.4, -0.2) is 24.2 Å². The van der Waals surface area contributed by atoms with E-state index in [1.807, 2.05) is 54.0 Å². The van der Waals surface area contributed by atoms with Gasteiger partial charge in [-0.25, -0.2) is 0 Å². The van der Waals surface area contributed by atoms with E-state index in [9.17, 15) is 4.79 Å². The van der Waals surface area contributed by atoms with Crippen molar-refractivity contribution in [3.63, 3.8) is 0 Å². The van der Waals surface area contributed by atoms with Crippen LogP contribution < -0.4 is 14.3 Å². The molecule has 1 heterocycles. The van der Waals surface area contributed by atoms with E-state index in [0.717, 1.165) is 27.3 Å². The Morgan fingerprint density at radius 3 is 2.63 bits per heavy atom. The highest BCUT2D eigenvalue weighted by Crippen LogP contribution is 2.23. The minimum absolute atomic E-state index is 0.219. The fourth-order valence-electron chi connectivity index (χ4n) is 2.70. The van der Waals surface area contributed by atoms with Crippen LogP contribution in [0.4, 0.5) is 0 Å². The summed E-state index contributed by atoms with van der Waals surface area (Å²) in [5.41, 5.74) is 1.82. The summed E-state index contributed by atoms with van der Waals surface area (Å²) in [6.07, 6.45) is 5.72. The van der Waals surface area contributed by atoms with Crippen molar-refractivity contribution in [2.75, 3.05) is 13.7 Å². The van der Waals surface area contributed by atoms with E-state index in [0.29, 0.717) is 18.0 Å². The minimum atomic E-state index is -0.219. The fraction of sp³-hybridized carbons (Fsp3) is 0.238. The summed E-state index contributed by atoms with van der Waals surface area (Å²) < 4.78 is 13.5. The normalized spacial score (nSPS) is 11.4. The number of carbonyl (C=O) groups excluding carboxylic acids is 1. The van der Waals surface area contributed by atoms with Gasteiger partial charge in [-0.3, -0.25) is 4.79 Å². The molecule has 0 aliphatic heterocycles. The highest BCUT2D eigenvalue weighted by molar-refractivity contribution is 7.16. The Balaban J connectivity index is 1.90. The second kappa shape index (κ2) is 8.56. The largest absolute Gasteiger partial charge is 0.497 e. The lowest BCUT2D eigenvalue weighted by Crippen LogP contribution is -2.17. The van der Waals surface area contributed by atoms with Crippen molar-refractivity contribution in [1.29, 1.82) is 0 Å². The summed E-state index contributed by atoms with van der Waals surface area (Å²) >= 11 is 1.42. The molecule has 0 saturated carbocycles. The second-order valence-corrected chi connectivity index (χ2v) is 6.78. The number of benzene rings is 2. The maximum Gasteiger partial charge on any atom is 0.252 e. The number of amides is 1. The summed E-state index contributed by atoms with van der Waals surface area (Å²) in [5.74, 6) is 3.95. The minimum Gasteiger partial charge on any atom is -0.497 e. The molecule has 6 heteroatoms. The first-order valence-electron chi connectivity index (χ1n) is 8.54. The monoisotopic (exact) mass is 380 g/mol. The SMILES string of the molecule is C#CCn1c(=NC(=O)Cc2ccc(OCC)cc2)sc2cc(OC)ccc21. The van der Waals surface area contributed by atoms with Crippen LogP contribution in [0.1, 0.15) is 12.5 Å². The van der Waals surface area contributed by atoms with Gasteiger partial charge in [0.05, 0.1) is 36.9 Å². The number of hydrogen-bond donors (Lipinski definition) is 0. The first-order chi connectivity index (χ1) is 13.1. The van der Waals surface area contributed by atoms with Crippen molar-refractivity contribution in [2.45, 2.75) is 19.9 Å². The van der Waals surface area contributed by atoms with Crippen molar-refractivity contribution in [2.24, 2.45) is 4.99 Å². The molecule has 0 saturated heterocycles. The summed E-state index contributed by atoms with van der Waals surface area (Å²) in [6, 6.07) is 13.2. The third-order valence-corrected chi connectivity index (χ3v) is 4.99. The van der Waals surface area contributed by atoms with Gasteiger partial charge in [0.2, 0.25) is 0 Å². The van der Waals surface area contributed by atoms with Crippen molar-refractivity contribution < 1.29 is 14.3 Å². The molecule has 5 nitrogen and oxygen atoms in total. The Hall–Kier alpha value is -3.04. The molecule has 0 radical (unpaired) electrons. The van der Waals surface area contributed by atoms with Gasteiger partial charge in [0.15, 0.2) is 4.80 Å². The third kappa shape index (κ3) is 4.39. The summed E-state index contributed by atoms with van der Waals surface area (Å²) in [4.78, 5) is 17.4. The zero-order chi connectivity index (χ0) is 19.2. The molecule has 0 aliphatic rings. The van der Waals surface area contributed by atoms with E-state index in [2.05, 4.69) is 10.9 Å². The molecule has 0 aliphatic carbocycles. The number of terminal acetylenes is 1. The summed E-state index contributed by atoms with van der Waals surface area (Å²) in [5, 5.41) is 0. The van der Waals surface area contributed by atoms with Crippen LogP contribution in [-0.2, 0) is 17.8 Å². The van der Waals surface area contributed by atoms with E-state index in [4.69, 9.17) is 15.9 Å². The predicted octanol–water partition coefficient (Wildman–Crippen LogP) is 3.41. The van der Waals surface area contributed by atoms with Crippen LogP contribution in [0.5, 0.6) is 11.5 Å².